The first-order valence-corrected chi connectivity index (χ1v) is 12.1. The molecule has 0 saturated heterocycles. The van der Waals surface area contributed by atoms with E-state index >= 15 is 0 Å². The van der Waals surface area contributed by atoms with E-state index in [1.165, 1.54) is 16.7 Å². The van der Waals surface area contributed by atoms with Gasteiger partial charge in [0.2, 0.25) is 0 Å². The Morgan fingerprint density at radius 2 is 1.54 bits per heavy atom. The third-order valence-electron chi connectivity index (χ3n) is 6.17. The van der Waals surface area contributed by atoms with Crippen LogP contribution in [-0.2, 0) is 19.4 Å². The summed E-state index contributed by atoms with van der Waals surface area (Å²) in [6.45, 7) is 1.93. The Morgan fingerprint density at radius 3 is 2.31 bits per heavy atom. The van der Waals surface area contributed by atoms with Gasteiger partial charge in [-0.2, -0.15) is 5.10 Å². The van der Waals surface area contributed by atoms with Crippen LogP contribution in [0.3, 0.4) is 0 Å². The van der Waals surface area contributed by atoms with Gasteiger partial charge in [-0.25, -0.2) is 9.50 Å². The molecule has 2 heterocycles. The van der Waals surface area contributed by atoms with Crippen molar-refractivity contribution >= 4 is 5.65 Å². The second-order valence-corrected chi connectivity index (χ2v) is 8.70. The molecule has 3 aromatic carbocycles. The number of rotatable bonds is 10. The largest absolute Gasteiger partial charge is 0.497 e. The van der Waals surface area contributed by atoms with Crippen LogP contribution in [0.4, 0.5) is 0 Å². The van der Waals surface area contributed by atoms with Crippen molar-refractivity contribution in [3.63, 3.8) is 0 Å². The van der Waals surface area contributed by atoms with Gasteiger partial charge in [-0.1, -0.05) is 60.7 Å². The SMILES string of the molecule is COc1ccc(-c2cccc3nc(Cc4ccc(CCCNCc5ccccc5)cc4)nn23)cc1. The molecule has 5 nitrogen and oxygen atoms in total. The van der Waals surface area contributed by atoms with Crippen molar-refractivity contribution in [2.45, 2.75) is 25.8 Å². The van der Waals surface area contributed by atoms with Crippen LogP contribution < -0.4 is 10.1 Å². The maximum absolute atomic E-state index is 5.28. The van der Waals surface area contributed by atoms with E-state index in [-0.39, 0.29) is 0 Å². The van der Waals surface area contributed by atoms with Gasteiger partial charge < -0.3 is 10.1 Å². The van der Waals surface area contributed by atoms with E-state index in [2.05, 4.69) is 66.0 Å². The van der Waals surface area contributed by atoms with Gasteiger partial charge in [-0.15, -0.1) is 0 Å². The lowest BCUT2D eigenvalue weighted by molar-refractivity contribution is 0.415. The third-order valence-corrected chi connectivity index (χ3v) is 6.17. The van der Waals surface area contributed by atoms with Crippen LogP contribution in [0.15, 0.2) is 97.1 Å². The number of ether oxygens (including phenoxy) is 1. The molecule has 0 aliphatic rings. The molecule has 35 heavy (non-hydrogen) atoms. The number of hydrogen-bond acceptors (Lipinski definition) is 4. The molecule has 0 saturated carbocycles. The zero-order chi connectivity index (χ0) is 23.9. The van der Waals surface area contributed by atoms with Gasteiger partial charge >= 0.3 is 0 Å². The first-order chi connectivity index (χ1) is 17.3. The van der Waals surface area contributed by atoms with Crippen molar-refractivity contribution in [1.82, 2.24) is 19.9 Å². The molecule has 0 bridgehead atoms. The molecule has 1 N–H and O–H groups in total. The monoisotopic (exact) mass is 462 g/mol. The first kappa shape index (κ1) is 22.8. The lowest BCUT2D eigenvalue weighted by Crippen LogP contribution is -2.15. The molecule has 0 fully saturated rings. The number of aromatic nitrogens is 3. The van der Waals surface area contributed by atoms with Gasteiger partial charge in [-0.3, -0.25) is 0 Å². The van der Waals surface area contributed by atoms with Gasteiger partial charge in [0.15, 0.2) is 11.5 Å². The van der Waals surface area contributed by atoms with Crippen LogP contribution in [0.1, 0.15) is 28.9 Å². The van der Waals surface area contributed by atoms with Crippen LogP contribution >= 0.6 is 0 Å². The molecule has 0 aliphatic heterocycles. The summed E-state index contributed by atoms with van der Waals surface area (Å²) in [6.07, 6.45) is 2.90. The first-order valence-electron chi connectivity index (χ1n) is 12.1. The molecule has 0 unspecified atom stereocenters. The Labute approximate surface area is 206 Å². The fourth-order valence-electron chi connectivity index (χ4n) is 4.26. The fourth-order valence-corrected chi connectivity index (χ4v) is 4.26. The van der Waals surface area contributed by atoms with Gasteiger partial charge in [0.1, 0.15) is 5.75 Å². The molecule has 0 radical (unpaired) electrons. The Morgan fingerprint density at radius 1 is 0.771 bits per heavy atom. The molecule has 0 amide bonds. The van der Waals surface area contributed by atoms with Gasteiger partial charge in [-0.05, 0) is 72.5 Å². The van der Waals surface area contributed by atoms with Crippen molar-refractivity contribution in [3.8, 4) is 17.0 Å². The maximum atomic E-state index is 5.28. The van der Waals surface area contributed by atoms with E-state index in [0.717, 1.165) is 54.4 Å². The Balaban J connectivity index is 1.18. The van der Waals surface area contributed by atoms with E-state index in [1.807, 2.05) is 40.9 Å². The molecule has 0 aliphatic carbocycles. The smallest absolute Gasteiger partial charge is 0.156 e. The quantitative estimate of drug-likeness (QED) is 0.270. The lowest BCUT2D eigenvalue weighted by Gasteiger charge is -2.06. The summed E-state index contributed by atoms with van der Waals surface area (Å²) >= 11 is 0. The molecule has 2 aromatic heterocycles. The van der Waals surface area contributed by atoms with E-state index in [9.17, 15) is 0 Å². The van der Waals surface area contributed by atoms with Gasteiger partial charge in [0.05, 0.1) is 12.8 Å². The maximum Gasteiger partial charge on any atom is 0.156 e. The molecular weight excluding hydrogens is 432 g/mol. The summed E-state index contributed by atoms with van der Waals surface area (Å²) in [4.78, 5) is 4.76. The molecule has 0 spiro atoms. The van der Waals surface area contributed by atoms with Crippen molar-refractivity contribution < 1.29 is 4.74 Å². The minimum atomic E-state index is 0.711. The van der Waals surface area contributed by atoms with Crippen molar-refractivity contribution in [1.29, 1.82) is 0 Å². The average Bonchev–Trinajstić information content (AvgIpc) is 3.33. The zero-order valence-corrected chi connectivity index (χ0v) is 20.0. The zero-order valence-electron chi connectivity index (χ0n) is 20.0. The summed E-state index contributed by atoms with van der Waals surface area (Å²) in [5.41, 5.74) is 6.86. The molecule has 176 valence electrons. The van der Waals surface area contributed by atoms with Crippen LogP contribution in [0.2, 0.25) is 0 Å². The number of fused-ring (bicyclic) bond motifs is 1. The summed E-state index contributed by atoms with van der Waals surface area (Å²) in [6, 6.07) is 33.5. The Bertz CT molecular complexity index is 1360. The van der Waals surface area contributed by atoms with Crippen LogP contribution in [0.25, 0.3) is 16.9 Å². The number of benzene rings is 3. The number of nitrogens with one attached hydrogen (secondary N) is 1. The highest BCUT2D eigenvalue weighted by molar-refractivity contribution is 5.63. The number of hydrogen-bond donors (Lipinski definition) is 1. The number of methoxy groups -OCH3 is 1. The molecular formula is C30H30N4O. The molecule has 5 aromatic rings. The summed E-state index contributed by atoms with van der Waals surface area (Å²) in [7, 11) is 1.68. The average molecular weight is 463 g/mol. The standard InChI is InChI=1S/C30H30N4O/c1-35-27-18-16-26(17-19-27)28-10-5-11-30-32-29(33-34(28)30)21-24-14-12-23(13-15-24)9-6-20-31-22-25-7-3-2-4-8-25/h2-5,7-8,10-19,31H,6,9,20-22H2,1H3. The van der Waals surface area contributed by atoms with Crippen molar-refractivity contribution in [2.75, 3.05) is 13.7 Å². The number of aryl methyl sites for hydroxylation is 1. The highest BCUT2D eigenvalue weighted by Crippen LogP contribution is 2.23. The number of nitrogens with zero attached hydrogens (tertiary/aromatic N) is 3. The second-order valence-electron chi connectivity index (χ2n) is 8.70. The van der Waals surface area contributed by atoms with Gasteiger partial charge in [0, 0.05) is 18.5 Å². The Hall–Kier alpha value is -3.96. The predicted molar refractivity (Wildman–Crippen MR) is 141 cm³/mol. The van der Waals surface area contributed by atoms with Gasteiger partial charge in [0.25, 0.3) is 0 Å². The summed E-state index contributed by atoms with van der Waals surface area (Å²) < 4.78 is 7.21. The van der Waals surface area contributed by atoms with E-state index in [1.54, 1.807) is 7.11 Å². The fraction of sp³-hybridized carbons (Fsp3) is 0.200. The summed E-state index contributed by atoms with van der Waals surface area (Å²) in [5.74, 6) is 1.66. The third kappa shape index (κ3) is 5.76. The predicted octanol–water partition coefficient (Wildman–Crippen LogP) is 5.72. The highest BCUT2D eigenvalue weighted by atomic mass is 16.5. The van der Waals surface area contributed by atoms with Crippen LogP contribution in [-0.4, -0.2) is 28.3 Å². The molecule has 5 heteroatoms. The normalized spacial score (nSPS) is 11.1. The van der Waals surface area contributed by atoms with Crippen LogP contribution in [0.5, 0.6) is 5.75 Å². The second kappa shape index (κ2) is 11.0. The molecule has 5 rings (SSSR count). The molecule has 0 atom stereocenters. The van der Waals surface area contributed by atoms with Crippen molar-refractivity contribution in [2.24, 2.45) is 0 Å². The lowest BCUT2D eigenvalue weighted by atomic mass is 10.1. The summed E-state index contributed by atoms with van der Waals surface area (Å²) in [5, 5.41) is 8.34. The van der Waals surface area contributed by atoms with E-state index < -0.39 is 0 Å². The van der Waals surface area contributed by atoms with Crippen molar-refractivity contribution in [3.05, 3.63) is 120 Å². The Kier molecular flexibility index (Phi) is 7.16. The minimum Gasteiger partial charge on any atom is -0.497 e. The number of pyridine rings is 1. The van der Waals surface area contributed by atoms with Crippen LogP contribution in [0, 0.1) is 0 Å². The highest BCUT2D eigenvalue weighted by Gasteiger charge is 2.10. The van der Waals surface area contributed by atoms with E-state index in [4.69, 9.17) is 14.8 Å². The minimum absolute atomic E-state index is 0.711. The van der Waals surface area contributed by atoms with E-state index in [0.29, 0.717) is 6.42 Å². The topological polar surface area (TPSA) is 51.5 Å².